The summed E-state index contributed by atoms with van der Waals surface area (Å²) in [6.07, 6.45) is 3.70. The van der Waals surface area contributed by atoms with E-state index >= 15 is 0 Å². The molecule has 2 heterocycles. The minimum Gasteiger partial charge on any atom is -0.327 e. The Balaban J connectivity index is 0.00000113. The zero-order valence-corrected chi connectivity index (χ0v) is 15.9. The number of hydrogen-bond acceptors (Lipinski definition) is 2. The summed E-state index contributed by atoms with van der Waals surface area (Å²) in [5, 5.41) is 0. The summed E-state index contributed by atoms with van der Waals surface area (Å²) in [5.41, 5.74) is 3.77. The summed E-state index contributed by atoms with van der Waals surface area (Å²) in [7, 11) is 0. The fraction of sp³-hybridized carbons (Fsp3) is 0.350. The number of para-hydroxylation sites is 2. The Kier molecular flexibility index (Phi) is 7.30. The van der Waals surface area contributed by atoms with E-state index in [1.54, 1.807) is 0 Å². The van der Waals surface area contributed by atoms with Crippen LogP contribution in [0, 0.1) is 0 Å². The highest BCUT2D eigenvalue weighted by atomic mass is 35.5. The van der Waals surface area contributed by atoms with Crippen molar-refractivity contribution < 1.29 is 0 Å². The Morgan fingerprint density at radius 2 is 1.52 bits per heavy atom. The number of benzene rings is 2. The molecule has 4 rings (SSSR count). The summed E-state index contributed by atoms with van der Waals surface area (Å²) < 4.78 is 2.42. The minimum atomic E-state index is 0. The van der Waals surface area contributed by atoms with Crippen molar-refractivity contribution in [3.63, 3.8) is 0 Å². The average molecular weight is 378 g/mol. The Hall–Kier alpha value is -1.55. The van der Waals surface area contributed by atoms with Crippen LogP contribution in [0.25, 0.3) is 11.0 Å². The van der Waals surface area contributed by atoms with Gasteiger partial charge in [-0.25, -0.2) is 4.98 Å². The van der Waals surface area contributed by atoms with Crippen LogP contribution >= 0.6 is 24.8 Å². The zero-order chi connectivity index (χ0) is 15.5. The lowest BCUT2D eigenvalue weighted by Crippen LogP contribution is -2.21. The standard InChI is InChI=1S/C20H23N3.2ClH/c1-2-8-17(9-3-1)12-15-23-19-11-5-4-10-18(19)21-20(23)16-22-13-6-7-14-22;;/h1-5,8-11H,6-7,12-16H2;2*1H. The van der Waals surface area contributed by atoms with Crippen LogP contribution in [-0.2, 0) is 19.5 Å². The lowest BCUT2D eigenvalue weighted by Gasteiger charge is -2.16. The van der Waals surface area contributed by atoms with Gasteiger partial charge in [-0.3, -0.25) is 4.90 Å². The summed E-state index contributed by atoms with van der Waals surface area (Å²) in [6, 6.07) is 19.2. The van der Waals surface area contributed by atoms with E-state index in [2.05, 4.69) is 64.1 Å². The van der Waals surface area contributed by atoms with E-state index in [1.165, 1.54) is 42.8 Å². The fourth-order valence-electron chi connectivity index (χ4n) is 3.52. The first-order valence-electron chi connectivity index (χ1n) is 8.60. The molecule has 1 fully saturated rings. The molecule has 1 aromatic heterocycles. The van der Waals surface area contributed by atoms with Crippen LogP contribution in [0.1, 0.15) is 24.2 Å². The quantitative estimate of drug-likeness (QED) is 0.641. The van der Waals surface area contributed by atoms with Crippen LogP contribution in [0.4, 0.5) is 0 Å². The normalized spacial score (nSPS) is 14.2. The second kappa shape index (κ2) is 9.23. The number of rotatable bonds is 5. The van der Waals surface area contributed by atoms with Gasteiger partial charge in [-0.2, -0.15) is 0 Å². The van der Waals surface area contributed by atoms with E-state index in [0.717, 1.165) is 25.0 Å². The largest absolute Gasteiger partial charge is 0.327 e. The van der Waals surface area contributed by atoms with Crippen molar-refractivity contribution in [2.45, 2.75) is 32.4 Å². The first-order chi connectivity index (χ1) is 11.4. The molecule has 5 heteroatoms. The molecule has 0 atom stereocenters. The predicted molar refractivity (Wildman–Crippen MR) is 109 cm³/mol. The zero-order valence-electron chi connectivity index (χ0n) is 14.3. The van der Waals surface area contributed by atoms with Gasteiger partial charge in [0.05, 0.1) is 17.6 Å². The molecule has 0 aliphatic carbocycles. The van der Waals surface area contributed by atoms with Gasteiger partial charge in [-0.05, 0) is 50.0 Å². The third-order valence-electron chi connectivity index (χ3n) is 4.76. The molecular formula is C20H25Cl2N3. The summed E-state index contributed by atoms with van der Waals surface area (Å²) in [5.74, 6) is 1.21. The van der Waals surface area contributed by atoms with Crippen molar-refractivity contribution in [1.82, 2.24) is 14.5 Å². The lowest BCUT2D eigenvalue weighted by molar-refractivity contribution is 0.317. The monoisotopic (exact) mass is 377 g/mol. The first kappa shape index (κ1) is 19.8. The van der Waals surface area contributed by atoms with Gasteiger partial charge in [0.2, 0.25) is 0 Å². The molecule has 1 saturated heterocycles. The van der Waals surface area contributed by atoms with Crippen LogP contribution in [0.5, 0.6) is 0 Å². The Morgan fingerprint density at radius 3 is 2.28 bits per heavy atom. The molecule has 3 nitrogen and oxygen atoms in total. The minimum absolute atomic E-state index is 0. The molecule has 2 aromatic carbocycles. The Bertz CT molecular complexity index is 780. The molecule has 0 radical (unpaired) electrons. The third-order valence-corrected chi connectivity index (χ3v) is 4.76. The number of fused-ring (bicyclic) bond motifs is 1. The van der Waals surface area contributed by atoms with E-state index in [-0.39, 0.29) is 24.8 Å². The molecule has 0 spiro atoms. The van der Waals surface area contributed by atoms with Gasteiger partial charge in [0.25, 0.3) is 0 Å². The first-order valence-corrected chi connectivity index (χ1v) is 8.60. The molecule has 1 aliphatic heterocycles. The van der Waals surface area contributed by atoms with E-state index in [1.807, 2.05) is 0 Å². The number of aryl methyl sites for hydroxylation is 2. The van der Waals surface area contributed by atoms with Gasteiger partial charge >= 0.3 is 0 Å². The van der Waals surface area contributed by atoms with Crippen LogP contribution < -0.4 is 0 Å². The number of nitrogens with zero attached hydrogens (tertiary/aromatic N) is 3. The van der Waals surface area contributed by atoms with Crippen LogP contribution in [0.2, 0.25) is 0 Å². The predicted octanol–water partition coefficient (Wildman–Crippen LogP) is 4.72. The highest BCUT2D eigenvalue weighted by Crippen LogP contribution is 2.20. The highest BCUT2D eigenvalue weighted by molar-refractivity contribution is 5.85. The third kappa shape index (κ3) is 4.55. The molecule has 1 aliphatic rings. The van der Waals surface area contributed by atoms with Crippen molar-refractivity contribution in [3.8, 4) is 0 Å². The smallest absolute Gasteiger partial charge is 0.124 e. The summed E-state index contributed by atoms with van der Waals surface area (Å²) in [6.45, 7) is 4.39. The molecule has 0 bridgehead atoms. The van der Waals surface area contributed by atoms with Gasteiger partial charge in [0, 0.05) is 6.54 Å². The molecule has 3 aromatic rings. The van der Waals surface area contributed by atoms with E-state index in [0.29, 0.717) is 0 Å². The maximum absolute atomic E-state index is 4.91. The van der Waals surface area contributed by atoms with E-state index < -0.39 is 0 Å². The second-order valence-corrected chi connectivity index (χ2v) is 6.39. The fourth-order valence-corrected chi connectivity index (χ4v) is 3.52. The van der Waals surface area contributed by atoms with Gasteiger partial charge in [-0.1, -0.05) is 42.5 Å². The maximum atomic E-state index is 4.91. The highest BCUT2D eigenvalue weighted by Gasteiger charge is 2.17. The molecule has 0 unspecified atom stereocenters. The number of hydrogen-bond donors (Lipinski definition) is 0. The van der Waals surface area contributed by atoms with E-state index in [4.69, 9.17) is 4.98 Å². The molecule has 25 heavy (non-hydrogen) atoms. The number of imidazole rings is 1. The maximum Gasteiger partial charge on any atom is 0.124 e. The molecule has 134 valence electrons. The van der Waals surface area contributed by atoms with Gasteiger partial charge in [-0.15, -0.1) is 24.8 Å². The van der Waals surface area contributed by atoms with Crippen LogP contribution in [0.15, 0.2) is 54.6 Å². The Labute approximate surface area is 161 Å². The molecule has 0 saturated carbocycles. The van der Waals surface area contributed by atoms with Crippen LogP contribution in [-0.4, -0.2) is 27.5 Å². The molecule has 0 N–H and O–H groups in total. The topological polar surface area (TPSA) is 21.1 Å². The van der Waals surface area contributed by atoms with Crippen LogP contribution in [0.3, 0.4) is 0 Å². The molecular weight excluding hydrogens is 353 g/mol. The van der Waals surface area contributed by atoms with Crippen molar-refractivity contribution in [2.24, 2.45) is 0 Å². The number of aromatic nitrogens is 2. The Morgan fingerprint density at radius 1 is 0.840 bits per heavy atom. The SMILES string of the molecule is Cl.Cl.c1ccc(CCn2c(CN3CCCC3)nc3ccccc32)cc1. The van der Waals surface area contributed by atoms with Crippen molar-refractivity contribution in [3.05, 3.63) is 66.0 Å². The summed E-state index contributed by atoms with van der Waals surface area (Å²) >= 11 is 0. The van der Waals surface area contributed by atoms with Gasteiger partial charge in [0.1, 0.15) is 5.82 Å². The molecule has 0 amide bonds. The van der Waals surface area contributed by atoms with Crippen molar-refractivity contribution in [2.75, 3.05) is 13.1 Å². The van der Waals surface area contributed by atoms with Gasteiger partial charge < -0.3 is 4.57 Å². The average Bonchev–Trinajstić information content (AvgIpc) is 3.22. The number of likely N-dealkylation sites (tertiary alicyclic amines) is 1. The van der Waals surface area contributed by atoms with E-state index in [9.17, 15) is 0 Å². The lowest BCUT2D eigenvalue weighted by atomic mass is 10.1. The second-order valence-electron chi connectivity index (χ2n) is 6.39. The number of halogens is 2. The summed E-state index contributed by atoms with van der Waals surface area (Å²) in [4.78, 5) is 7.44. The van der Waals surface area contributed by atoms with Gasteiger partial charge in [0.15, 0.2) is 0 Å². The van der Waals surface area contributed by atoms with Crippen molar-refractivity contribution >= 4 is 35.8 Å². The van der Waals surface area contributed by atoms with Crippen molar-refractivity contribution in [1.29, 1.82) is 0 Å².